The highest BCUT2D eigenvalue weighted by Crippen LogP contribution is 2.38. The molecule has 0 radical (unpaired) electrons. The Kier molecular flexibility index (Phi) is 2.16. The van der Waals surface area contributed by atoms with Crippen molar-refractivity contribution in [1.29, 1.82) is 0 Å². The van der Waals surface area contributed by atoms with Gasteiger partial charge in [-0.15, -0.1) is 0 Å². The van der Waals surface area contributed by atoms with Crippen molar-refractivity contribution >= 4 is 5.97 Å². The Morgan fingerprint density at radius 1 is 1.64 bits per heavy atom. The van der Waals surface area contributed by atoms with Crippen molar-refractivity contribution in [3.8, 4) is 0 Å². The van der Waals surface area contributed by atoms with Crippen molar-refractivity contribution in [3.63, 3.8) is 0 Å². The molecule has 0 amide bonds. The van der Waals surface area contributed by atoms with Crippen LogP contribution in [-0.2, 0) is 4.79 Å². The third-order valence-corrected chi connectivity index (χ3v) is 2.58. The van der Waals surface area contributed by atoms with Crippen molar-refractivity contribution in [3.05, 3.63) is 0 Å². The van der Waals surface area contributed by atoms with Crippen LogP contribution in [0.15, 0.2) is 0 Å². The number of alkyl halides is 1. The van der Waals surface area contributed by atoms with E-state index in [2.05, 4.69) is 0 Å². The summed E-state index contributed by atoms with van der Waals surface area (Å²) in [5.74, 6) is -0.996. The van der Waals surface area contributed by atoms with Crippen molar-refractivity contribution in [2.24, 2.45) is 5.41 Å². The maximum Gasteiger partial charge on any atom is 0.312 e. The average molecular weight is 160 g/mol. The highest BCUT2D eigenvalue weighted by atomic mass is 19.1. The van der Waals surface area contributed by atoms with Gasteiger partial charge in [0.05, 0.1) is 5.41 Å². The van der Waals surface area contributed by atoms with Gasteiger partial charge < -0.3 is 5.11 Å². The predicted molar refractivity (Wildman–Crippen MR) is 39.1 cm³/mol. The molecule has 0 bridgehead atoms. The van der Waals surface area contributed by atoms with Crippen molar-refractivity contribution in [2.75, 3.05) is 0 Å². The molecule has 0 saturated heterocycles. The number of aliphatic carboxylic acids is 1. The van der Waals surface area contributed by atoms with Crippen LogP contribution < -0.4 is 0 Å². The molecule has 1 saturated carbocycles. The lowest BCUT2D eigenvalue weighted by Gasteiger charge is -2.32. The Balaban J connectivity index is 2.72. The lowest BCUT2D eigenvalue weighted by molar-refractivity contribution is -0.154. The first-order valence-corrected chi connectivity index (χ1v) is 3.95. The Labute approximate surface area is 65.4 Å². The smallest absolute Gasteiger partial charge is 0.312 e. The minimum Gasteiger partial charge on any atom is -0.481 e. The van der Waals surface area contributed by atoms with E-state index in [0.29, 0.717) is 12.8 Å². The number of carboxylic acids is 1. The molecular formula is C8H13FO2. The van der Waals surface area contributed by atoms with Gasteiger partial charge >= 0.3 is 5.97 Å². The molecule has 2 unspecified atom stereocenters. The van der Waals surface area contributed by atoms with Gasteiger partial charge in [0.15, 0.2) is 0 Å². The fraction of sp³-hybridized carbons (Fsp3) is 0.875. The molecule has 1 aliphatic rings. The molecule has 2 atom stereocenters. The number of halogens is 1. The molecule has 0 aromatic carbocycles. The number of hydrogen-bond donors (Lipinski definition) is 1. The molecule has 0 aromatic heterocycles. The maximum absolute atomic E-state index is 13.1. The van der Waals surface area contributed by atoms with Gasteiger partial charge in [-0.25, -0.2) is 4.39 Å². The summed E-state index contributed by atoms with van der Waals surface area (Å²) in [6, 6.07) is 0. The van der Waals surface area contributed by atoms with Crippen LogP contribution >= 0.6 is 0 Å². The van der Waals surface area contributed by atoms with Gasteiger partial charge in [0.25, 0.3) is 0 Å². The van der Waals surface area contributed by atoms with Crippen LogP contribution in [0.3, 0.4) is 0 Å². The summed E-state index contributed by atoms with van der Waals surface area (Å²) < 4.78 is 13.1. The molecular weight excluding hydrogens is 147 g/mol. The van der Waals surface area contributed by atoms with Gasteiger partial charge in [0.2, 0.25) is 0 Å². The first kappa shape index (κ1) is 8.50. The molecule has 2 nitrogen and oxygen atoms in total. The summed E-state index contributed by atoms with van der Waals surface area (Å²) in [5, 5.41) is 8.73. The van der Waals surface area contributed by atoms with Gasteiger partial charge in [-0.2, -0.15) is 0 Å². The van der Waals surface area contributed by atoms with E-state index in [1.54, 1.807) is 0 Å². The second kappa shape index (κ2) is 2.80. The third kappa shape index (κ3) is 1.37. The number of hydrogen-bond acceptors (Lipinski definition) is 1. The summed E-state index contributed by atoms with van der Waals surface area (Å²) in [5.41, 5.74) is -1.11. The van der Waals surface area contributed by atoms with Gasteiger partial charge in [-0.1, -0.05) is 12.8 Å². The number of rotatable bonds is 1. The zero-order valence-corrected chi connectivity index (χ0v) is 6.64. The Bertz CT molecular complexity index is 169. The molecule has 0 aromatic rings. The Morgan fingerprint density at radius 3 is 2.64 bits per heavy atom. The van der Waals surface area contributed by atoms with E-state index >= 15 is 0 Å². The Hall–Kier alpha value is -0.600. The van der Waals surface area contributed by atoms with E-state index in [9.17, 15) is 9.18 Å². The van der Waals surface area contributed by atoms with E-state index in [1.165, 1.54) is 6.92 Å². The predicted octanol–water partition coefficient (Wildman–Crippen LogP) is 1.99. The van der Waals surface area contributed by atoms with Crippen LogP contribution in [0, 0.1) is 5.41 Å². The van der Waals surface area contributed by atoms with Crippen LogP contribution in [-0.4, -0.2) is 17.2 Å². The second-order valence-electron chi connectivity index (χ2n) is 3.44. The van der Waals surface area contributed by atoms with Crippen LogP contribution in [0.2, 0.25) is 0 Å². The Morgan fingerprint density at radius 2 is 2.27 bits per heavy atom. The minimum atomic E-state index is -1.16. The molecule has 0 spiro atoms. The second-order valence-corrected chi connectivity index (χ2v) is 3.44. The van der Waals surface area contributed by atoms with Crippen molar-refractivity contribution in [1.82, 2.24) is 0 Å². The van der Waals surface area contributed by atoms with Crippen LogP contribution in [0.1, 0.15) is 32.6 Å². The van der Waals surface area contributed by atoms with Crippen molar-refractivity contribution < 1.29 is 14.3 Å². The molecule has 1 aliphatic carbocycles. The van der Waals surface area contributed by atoms with Crippen molar-refractivity contribution in [2.45, 2.75) is 38.8 Å². The molecule has 0 heterocycles. The van der Waals surface area contributed by atoms with E-state index in [1.807, 2.05) is 0 Å². The summed E-state index contributed by atoms with van der Waals surface area (Å²) in [6.07, 6.45) is 1.38. The van der Waals surface area contributed by atoms with E-state index in [0.717, 1.165) is 12.8 Å². The van der Waals surface area contributed by atoms with Gasteiger partial charge in [-0.3, -0.25) is 4.79 Å². The fourth-order valence-corrected chi connectivity index (χ4v) is 1.53. The maximum atomic E-state index is 13.1. The van der Waals surface area contributed by atoms with E-state index < -0.39 is 17.6 Å². The topological polar surface area (TPSA) is 37.3 Å². The van der Waals surface area contributed by atoms with Gasteiger partial charge in [0, 0.05) is 0 Å². The lowest BCUT2D eigenvalue weighted by Crippen LogP contribution is -2.39. The molecule has 1 fully saturated rings. The first-order chi connectivity index (χ1) is 5.07. The number of carbonyl (C=O) groups is 1. The average Bonchev–Trinajstić information content (AvgIpc) is 1.95. The fourth-order valence-electron chi connectivity index (χ4n) is 1.53. The lowest BCUT2D eigenvalue weighted by atomic mass is 9.74. The van der Waals surface area contributed by atoms with E-state index in [-0.39, 0.29) is 0 Å². The molecule has 3 heteroatoms. The summed E-state index contributed by atoms with van der Waals surface area (Å²) >= 11 is 0. The highest BCUT2D eigenvalue weighted by Gasteiger charge is 2.43. The number of carboxylic acid groups (broad SMARTS) is 1. The van der Waals surface area contributed by atoms with Crippen LogP contribution in [0.4, 0.5) is 4.39 Å². The zero-order chi connectivity index (χ0) is 8.48. The minimum absolute atomic E-state index is 0.406. The largest absolute Gasteiger partial charge is 0.481 e. The zero-order valence-electron chi connectivity index (χ0n) is 6.64. The monoisotopic (exact) mass is 160 g/mol. The summed E-state index contributed by atoms with van der Waals surface area (Å²) in [6.45, 7) is 1.50. The first-order valence-electron chi connectivity index (χ1n) is 3.95. The van der Waals surface area contributed by atoms with Gasteiger partial charge in [-0.05, 0) is 19.8 Å². The molecule has 1 N–H and O–H groups in total. The third-order valence-electron chi connectivity index (χ3n) is 2.58. The summed E-state index contributed by atoms with van der Waals surface area (Å²) in [4.78, 5) is 10.6. The molecule has 64 valence electrons. The highest BCUT2D eigenvalue weighted by molar-refractivity contribution is 5.75. The normalized spacial score (nSPS) is 38.5. The molecule has 0 aliphatic heterocycles. The van der Waals surface area contributed by atoms with Gasteiger partial charge in [0.1, 0.15) is 6.17 Å². The van der Waals surface area contributed by atoms with E-state index in [4.69, 9.17) is 5.11 Å². The standard InChI is InChI=1S/C8H13FO2/c1-8(7(10)11)5-3-2-4-6(8)9/h6H,2-5H2,1H3,(H,10,11). The SMILES string of the molecule is CC1(C(=O)O)CCCCC1F. The summed E-state index contributed by atoms with van der Waals surface area (Å²) in [7, 11) is 0. The van der Waals surface area contributed by atoms with Crippen LogP contribution in [0.25, 0.3) is 0 Å². The quantitative estimate of drug-likeness (QED) is 0.636. The van der Waals surface area contributed by atoms with Crippen LogP contribution in [0.5, 0.6) is 0 Å². The molecule has 11 heavy (non-hydrogen) atoms. The molecule has 1 rings (SSSR count).